The van der Waals surface area contributed by atoms with Gasteiger partial charge in [-0.3, -0.25) is 14.5 Å². The Labute approximate surface area is 158 Å². The standard InChI is InChI=1S/C21H20ClNO3/c1-3-12-26-17-10-8-16(9-11-17)18-19(22)21(25)23(20(18)24)13-15-6-4-14(2)5-7-15/h4-11H,3,12-13H2,1-2H3. The number of amides is 2. The predicted octanol–water partition coefficient (Wildman–Crippen LogP) is 4.30. The topological polar surface area (TPSA) is 46.6 Å². The number of ether oxygens (including phenoxy) is 1. The molecule has 0 saturated carbocycles. The van der Waals surface area contributed by atoms with Gasteiger partial charge in [0.05, 0.1) is 18.7 Å². The molecule has 0 radical (unpaired) electrons. The van der Waals surface area contributed by atoms with Gasteiger partial charge in [-0.1, -0.05) is 60.5 Å². The molecule has 0 atom stereocenters. The van der Waals surface area contributed by atoms with Crippen LogP contribution in [-0.4, -0.2) is 23.3 Å². The van der Waals surface area contributed by atoms with Crippen LogP contribution in [0.15, 0.2) is 53.6 Å². The normalized spacial score (nSPS) is 14.3. The molecule has 0 bridgehead atoms. The van der Waals surface area contributed by atoms with Crippen LogP contribution in [0.5, 0.6) is 5.75 Å². The SMILES string of the molecule is CCCOc1ccc(C2=C(Cl)C(=O)N(Cc3ccc(C)cc3)C2=O)cc1. The van der Waals surface area contributed by atoms with Gasteiger partial charge in [-0.05, 0) is 36.6 Å². The van der Waals surface area contributed by atoms with E-state index in [4.69, 9.17) is 16.3 Å². The molecule has 1 heterocycles. The monoisotopic (exact) mass is 369 g/mol. The lowest BCUT2D eigenvalue weighted by molar-refractivity contribution is -0.137. The summed E-state index contributed by atoms with van der Waals surface area (Å²) in [7, 11) is 0. The molecule has 2 aromatic rings. The van der Waals surface area contributed by atoms with Crippen molar-refractivity contribution >= 4 is 29.0 Å². The zero-order valence-corrected chi connectivity index (χ0v) is 15.5. The Balaban J connectivity index is 1.81. The fourth-order valence-corrected chi connectivity index (χ4v) is 3.05. The molecule has 134 valence electrons. The van der Waals surface area contributed by atoms with Crippen LogP contribution in [0.3, 0.4) is 0 Å². The van der Waals surface area contributed by atoms with Crippen molar-refractivity contribution in [1.29, 1.82) is 0 Å². The highest BCUT2D eigenvalue weighted by molar-refractivity contribution is 6.55. The van der Waals surface area contributed by atoms with E-state index in [9.17, 15) is 9.59 Å². The van der Waals surface area contributed by atoms with Crippen LogP contribution in [0.1, 0.15) is 30.0 Å². The Morgan fingerprint density at radius 2 is 1.62 bits per heavy atom. The van der Waals surface area contributed by atoms with Gasteiger partial charge in [0.1, 0.15) is 10.8 Å². The number of carbonyl (C=O) groups excluding carboxylic acids is 2. The van der Waals surface area contributed by atoms with E-state index in [-0.39, 0.29) is 23.1 Å². The molecule has 26 heavy (non-hydrogen) atoms. The number of carbonyl (C=O) groups is 2. The molecule has 4 nitrogen and oxygen atoms in total. The van der Waals surface area contributed by atoms with Gasteiger partial charge in [-0.15, -0.1) is 0 Å². The number of halogens is 1. The van der Waals surface area contributed by atoms with Crippen LogP contribution in [-0.2, 0) is 16.1 Å². The Morgan fingerprint density at radius 3 is 2.23 bits per heavy atom. The number of nitrogens with zero attached hydrogens (tertiary/aromatic N) is 1. The van der Waals surface area contributed by atoms with Crippen molar-refractivity contribution in [1.82, 2.24) is 4.90 Å². The highest BCUT2D eigenvalue weighted by Crippen LogP contribution is 2.33. The molecule has 0 aliphatic carbocycles. The Kier molecular flexibility index (Phi) is 5.43. The van der Waals surface area contributed by atoms with E-state index in [0.717, 1.165) is 23.3 Å². The van der Waals surface area contributed by atoms with E-state index in [2.05, 4.69) is 0 Å². The maximum absolute atomic E-state index is 12.8. The second-order valence-corrected chi connectivity index (χ2v) is 6.62. The van der Waals surface area contributed by atoms with Crippen LogP contribution in [0, 0.1) is 6.92 Å². The van der Waals surface area contributed by atoms with Crippen LogP contribution < -0.4 is 4.74 Å². The van der Waals surface area contributed by atoms with Gasteiger partial charge in [0.15, 0.2) is 0 Å². The first-order valence-corrected chi connectivity index (χ1v) is 8.93. The van der Waals surface area contributed by atoms with Gasteiger partial charge in [-0.2, -0.15) is 0 Å². The summed E-state index contributed by atoms with van der Waals surface area (Å²) >= 11 is 6.20. The lowest BCUT2D eigenvalue weighted by atomic mass is 10.1. The van der Waals surface area contributed by atoms with Crippen molar-refractivity contribution in [3.8, 4) is 5.75 Å². The van der Waals surface area contributed by atoms with Crippen molar-refractivity contribution in [3.05, 3.63) is 70.3 Å². The van der Waals surface area contributed by atoms with Gasteiger partial charge in [0.25, 0.3) is 11.8 Å². The van der Waals surface area contributed by atoms with Crippen molar-refractivity contribution in [2.45, 2.75) is 26.8 Å². The van der Waals surface area contributed by atoms with E-state index in [1.54, 1.807) is 24.3 Å². The van der Waals surface area contributed by atoms with Crippen molar-refractivity contribution in [2.75, 3.05) is 6.61 Å². The Hall–Kier alpha value is -2.59. The van der Waals surface area contributed by atoms with E-state index in [0.29, 0.717) is 12.2 Å². The molecule has 0 aromatic heterocycles. The summed E-state index contributed by atoms with van der Waals surface area (Å²) in [5.41, 5.74) is 2.86. The highest BCUT2D eigenvalue weighted by atomic mass is 35.5. The molecule has 0 fully saturated rings. The fraction of sp³-hybridized carbons (Fsp3) is 0.238. The number of aryl methyl sites for hydroxylation is 1. The van der Waals surface area contributed by atoms with E-state index in [1.807, 2.05) is 38.1 Å². The third kappa shape index (κ3) is 3.65. The molecular weight excluding hydrogens is 350 g/mol. The molecule has 0 spiro atoms. The number of benzene rings is 2. The molecule has 1 aliphatic heterocycles. The lowest BCUT2D eigenvalue weighted by Crippen LogP contribution is -2.30. The molecule has 2 aromatic carbocycles. The maximum Gasteiger partial charge on any atom is 0.273 e. The molecule has 1 aliphatic rings. The number of hydrogen-bond donors (Lipinski definition) is 0. The molecule has 0 unspecified atom stereocenters. The third-order valence-electron chi connectivity index (χ3n) is 4.19. The summed E-state index contributed by atoms with van der Waals surface area (Å²) in [5.74, 6) is -0.109. The molecule has 5 heteroatoms. The molecule has 0 N–H and O–H groups in total. The van der Waals surface area contributed by atoms with Crippen molar-refractivity contribution in [2.24, 2.45) is 0 Å². The van der Waals surface area contributed by atoms with Crippen molar-refractivity contribution < 1.29 is 14.3 Å². The third-order valence-corrected chi connectivity index (χ3v) is 4.54. The minimum Gasteiger partial charge on any atom is -0.494 e. The van der Waals surface area contributed by atoms with Crippen LogP contribution in [0.25, 0.3) is 5.57 Å². The van der Waals surface area contributed by atoms with Crippen LogP contribution in [0.2, 0.25) is 0 Å². The summed E-state index contributed by atoms with van der Waals surface area (Å²) in [6.45, 7) is 4.85. The summed E-state index contributed by atoms with van der Waals surface area (Å²) in [6, 6.07) is 14.8. The van der Waals surface area contributed by atoms with Gasteiger partial charge in [-0.25, -0.2) is 0 Å². The minimum absolute atomic E-state index is 0.0376. The first kappa shape index (κ1) is 18.2. The zero-order chi connectivity index (χ0) is 18.7. The lowest BCUT2D eigenvalue weighted by Gasteiger charge is -2.15. The van der Waals surface area contributed by atoms with Gasteiger partial charge in [0.2, 0.25) is 0 Å². The first-order chi connectivity index (χ1) is 12.5. The summed E-state index contributed by atoms with van der Waals surface area (Å²) in [6.07, 6.45) is 0.916. The number of imide groups is 1. The van der Waals surface area contributed by atoms with Crippen LogP contribution in [0.4, 0.5) is 0 Å². The maximum atomic E-state index is 12.8. The quantitative estimate of drug-likeness (QED) is 0.713. The van der Waals surface area contributed by atoms with Crippen LogP contribution >= 0.6 is 11.6 Å². The average molecular weight is 370 g/mol. The summed E-state index contributed by atoms with van der Waals surface area (Å²) in [5, 5.41) is -0.0376. The smallest absolute Gasteiger partial charge is 0.273 e. The van der Waals surface area contributed by atoms with E-state index < -0.39 is 5.91 Å². The molecule has 2 amide bonds. The van der Waals surface area contributed by atoms with E-state index in [1.165, 1.54) is 4.90 Å². The molecule has 3 rings (SSSR count). The minimum atomic E-state index is -0.460. The second-order valence-electron chi connectivity index (χ2n) is 6.24. The molecular formula is C21H20ClNO3. The average Bonchev–Trinajstić information content (AvgIpc) is 2.86. The number of rotatable bonds is 6. The highest BCUT2D eigenvalue weighted by Gasteiger charge is 2.38. The fourth-order valence-electron chi connectivity index (χ4n) is 2.75. The molecule has 0 saturated heterocycles. The van der Waals surface area contributed by atoms with Gasteiger partial charge >= 0.3 is 0 Å². The Morgan fingerprint density at radius 1 is 0.962 bits per heavy atom. The second kappa shape index (κ2) is 7.75. The predicted molar refractivity (Wildman–Crippen MR) is 102 cm³/mol. The number of hydrogen-bond acceptors (Lipinski definition) is 3. The van der Waals surface area contributed by atoms with E-state index >= 15 is 0 Å². The first-order valence-electron chi connectivity index (χ1n) is 8.56. The largest absolute Gasteiger partial charge is 0.494 e. The van der Waals surface area contributed by atoms with Gasteiger partial charge < -0.3 is 4.74 Å². The summed E-state index contributed by atoms with van der Waals surface area (Å²) < 4.78 is 5.55. The Bertz CT molecular complexity index is 854. The summed E-state index contributed by atoms with van der Waals surface area (Å²) in [4.78, 5) is 26.4. The zero-order valence-electron chi connectivity index (χ0n) is 14.8. The van der Waals surface area contributed by atoms with Crippen molar-refractivity contribution in [3.63, 3.8) is 0 Å². The van der Waals surface area contributed by atoms with Gasteiger partial charge in [0, 0.05) is 0 Å².